The first-order valence-electron chi connectivity index (χ1n) is 9.67. The van der Waals surface area contributed by atoms with Crippen molar-refractivity contribution in [1.82, 2.24) is 18.2 Å². The van der Waals surface area contributed by atoms with Crippen LogP contribution in [0.25, 0.3) is 0 Å². The number of hydrogen-bond acceptors (Lipinski definition) is 4. The third-order valence-electron chi connectivity index (χ3n) is 5.76. The average molecular weight is 383 g/mol. The minimum absolute atomic E-state index is 0.0112. The zero-order valence-corrected chi connectivity index (χ0v) is 16.7. The molecule has 8 heteroatoms. The van der Waals surface area contributed by atoms with E-state index < -0.39 is 10.2 Å². The molecule has 0 N–H and O–H groups in total. The molecule has 1 aromatic heterocycles. The summed E-state index contributed by atoms with van der Waals surface area (Å²) in [4.78, 5) is 16.6. The Bertz CT molecular complexity index is 774. The highest BCUT2D eigenvalue weighted by Gasteiger charge is 2.33. The van der Waals surface area contributed by atoms with Gasteiger partial charge in [-0.2, -0.15) is 17.0 Å². The molecule has 0 aliphatic carbocycles. The summed E-state index contributed by atoms with van der Waals surface area (Å²) < 4.78 is 30.7. The molecule has 1 aromatic rings. The van der Waals surface area contributed by atoms with Crippen LogP contribution in [-0.4, -0.2) is 52.8 Å². The van der Waals surface area contributed by atoms with Gasteiger partial charge in [0.05, 0.1) is 6.33 Å². The molecule has 0 radical (unpaired) electrons. The van der Waals surface area contributed by atoms with Crippen molar-refractivity contribution in [3.05, 3.63) is 27.9 Å². The molecule has 2 saturated heterocycles. The lowest BCUT2D eigenvalue weighted by atomic mass is 9.98. The van der Waals surface area contributed by atoms with Crippen LogP contribution in [-0.2, 0) is 16.8 Å². The second-order valence-electron chi connectivity index (χ2n) is 7.58. The van der Waals surface area contributed by atoms with Gasteiger partial charge in [0.1, 0.15) is 0 Å². The van der Waals surface area contributed by atoms with Crippen molar-refractivity contribution in [2.75, 3.05) is 26.2 Å². The standard InChI is InChI=1S/C18H30N4O3S/c1-15-16(2)19-14-20(18(15)23)13-17-7-11-22(12-8-17)26(24,25)21-9-5-3-4-6-10-21/h14,17H,3-13H2,1-2H3. The second kappa shape index (κ2) is 8.19. The molecule has 146 valence electrons. The number of piperidine rings is 1. The third kappa shape index (κ3) is 4.18. The third-order valence-corrected chi connectivity index (χ3v) is 7.80. The molecule has 7 nitrogen and oxygen atoms in total. The molecule has 0 unspecified atom stereocenters. The van der Waals surface area contributed by atoms with E-state index in [1.54, 1.807) is 26.4 Å². The Morgan fingerprint density at radius 2 is 1.58 bits per heavy atom. The number of rotatable bonds is 4. The molecule has 0 atom stereocenters. The van der Waals surface area contributed by atoms with Gasteiger partial charge < -0.3 is 0 Å². The van der Waals surface area contributed by atoms with Crippen molar-refractivity contribution < 1.29 is 8.42 Å². The molecule has 0 amide bonds. The van der Waals surface area contributed by atoms with Crippen molar-refractivity contribution >= 4 is 10.2 Å². The molecule has 26 heavy (non-hydrogen) atoms. The first-order valence-corrected chi connectivity index (χ1v) is 11.1. The Kier molecular flexibility index (Phi) is 6.14. The smallest absolute Gasteiger partial charge is 0.281 e. The quantitative estimate of drug-likeness (QED) is 0.794. The fourth-order valence-electron chi connectivity index (χ4n) is 3.84. The van der Waals surface area contributed by atoms with E-state index in [2.05, 4.69) is 4.98 Å². The van der Waals surface area contributed by atoms with Gasteiger partial charge in [0.25, 0.3) is 15.8 Å². The Morgan fingerprint density at radius 3 is 2.19 bits per heavy atom. The molecule has 3 heterocycles. The Hall–Kier alpha value is -1.25. The maximum absolute atomic E-state index is 12.9. The van der Waals surface area contributed by atoms with Crippen molar-refractivity contribution in [3.8, 4) is 0 Å². The Morgan fingerprint density at radius 1 is 1.00 bits per heavy atom. The van der Waals surface area contributed by atoms with Crippen LogP contribution in [0.2, 0.25) is 0 Å². The van der Waals surface area contributed by atoms with Gasteiger partial charge in [-0.15, -0.1) is 0 Å². The fourth-order valence-corrected chi connectivity index (χ4v) is 5.56. The van der Waals surface area contributed by atoms with Crippen molar-refractivity contribution in [3.63, 3.8) is 0 Å². The van der Waals surface area contributed by atoms with E-state index in [-0.39, 0.29) is 5.56 Å². The molecular weight excluding hydrogens is 352 g/mol. The van der Waals surface area contributed by atoms with E-state index in [4.69, 9.17) is 0 Å². The highest BCUT2D eigenvalue weighted by atomic mass is 32.2. The summed E-state index contributed by atoms with van der Waals surface area (Å²) in [5.41, 5.74) is 1.47. The summed E-state index contributed by atoms with van der Waals surface area (Å²) in [5, 5.41) is 0. The molecule has 2 fully saturated rings. The number of hydrogen-bond donors (Lipinski definition) is 0. The predicted octanol–water partition coefficient (Wildman–Crippen LogP) is 1.69. The lowest BCUT2D eigenvalue weighted by Crippen LogP contribution is -2.48. The van der Waals surface area contributed by atoms with Crippen LogP contribution in [0.15, 0.2) is 11.1 Å². The maximum Gasteiger partial charge on any atom is 0.281 e. The van der Waals surface area contributed by atoms with Crippen LogP contribution < -0.4 is 5.56 Å². The van der Waals surface area contributed by atoms with Crippen LogP contribution in [0.5, 0.6) is 0 Å². The number of aryl methyl sites for hydroxylation is 1. The average Bonchev–Trinajstić information content (AvgIpc) is 2.93. The highest BCUT2D eigenvalue weighted by Crippen LogP contribution is 2.24. The van der Waals surface area contributed by atoms with Gasteiger partial charge >= 0.3 is 0 Å². The van der Waals surface area contributed by atoms with Crippen LogP contribution in [0.3, 0.4) is 0 Å². The lowest BCUT2D eigenvalue weighted by molar-refractivity contribution is 0.236. The normalized spacial score (nSPS) is 21.6. The first-order chi connectivity index (χ1) is 12.4. The van der Waals surface area contributed by atoms with Crippen LogP contribution in [0.4, 0.5) is 0 Å². The summed E-state index contributed by atoms with van der Waals surface area (Å²) in [7, 11) is -3.34. The van der Waals surface area contributed by atoms with Crippen molar-refractivity contribution in [2.24, 2.45) is 5.92 Å². The molecule has 3 rings (SSSR count). The van der Waals surface area contributed by atoms with E-state index in [9.17, 15) is 13.2 Å². The van der Waals surface area contributed by atoms with Gasteiger partial charge in [0.2, 0.25) is 0 Å². The summed E-state index contributed by atoms with van der Waals surface area (Å²) >= 11 is 0. The SMILES string of the molecule is Cc1ncn(CC2CCN(S(=O)(=O)N3CCCCCC3)CC2)c(=O)c1C. The summed E-state index contributed by atoms with van der Waals surface area (Å²) in [5.74, 6) is 0.312. The molecule has 0 bridgehead atoms. The van der Waals surface area contributed by atoms with Gasteiger partial charge in [-0.25, -0.2) is 4.98 Å². The van der Waals surface area contributed by atoms with E-state index in [0.29, 0.717) is 44.2 Å². The van der Waals surface area contributed by atoms with Gasteiger partial charge in [0, 0.05) is 44.0 Å². The monoisotopic (exact) mass is 382 g/mol. The summed E-state index contributed by atoms with van der Waals surface area (Å²) in [6, 6.07) is 0. The Labute approximate surface area is 156 Å². The van der Waals surface area contributed by atoms with Gasteiger partial charge in [-0.1, -0.05) is 12.8 Å². The predicted molar refractivity (Wildman–Crippen MR) is 101 cm³/mol. The maximum atomic E-state index is 12.9. The lowest BCUT2D eigenvalue weighted by Gasteiger charge is -2.34. The van der Waals surface area contributed by atoms with E-state index >= 15 is 0 Å². The van der Waals surface area contributed by atoms with Gasteiger partial charge in [-0.05, 0) is 45.4 Å². The minimum atomic E-state index is -3.34. The largest absolute Gasteiger partial charge is 0.299 e. The molecular formula is C18H30N4O3S. The summed E-state index contributed by atoms with van der Waals surface area (Å²) in [6.45, 7) is 6.63. The topological polar surface area (TPSA) is 75.5 Å². The second-order valence-corrected chi connectivity index (χ2v) is 9.50. The molecule has 2 aliphatic rings. The molecule has 2 aliphatic heterocycles. The zero-order chi connectivity index (χ0) is 18.7. The van der Waals surface area contributed by atoms with Crippen LogP contribution in [0, 0.1) is 19.8 Å². The van der Waals surface area contributed by atoms with E-state index in [0.717, 1.165) is 44.2 Å². The number of nitrogens with zero attached hydrogens (tertiary/aromatic N) is 4. The van der Waals surface area contributed by atoms with E-state index in [1.165, 1.54) is 0 Å². The summed E-state index contributed by atoms with van der Waals surface area (Å²) in [6.07, 6.45) is 7.33. The minimum Gasteiger partial charge on any atom is -0.299 e. The fraction of sp³-hybridized carbons (Fsp3) is 0.778. The highest BCUT2D eigenvalue weighted by molar-refractivity contribution is 7.86. The molecule has 0 spiro atoms. The first kappa shape index (κ1) is 19.5. The van der Waals surface area contributed by atoms with Gasteiger partial charge in [-0.3, -0.25) is 9.36 Å². The van der Waals surface area contributed by atoms with Crippen molar-refractivity contribution in [1.29, 1.82) is 0 Å². The molecule has 0 saturated carbocycles. The van der Waals surface area contributed by atoms with Gasteiger partial charge in [0.15, 0.2) is 0 Å². The number of aromatic nitrogens is 2. The van der Waals surface area contributed by atoms with Crippen LogP contribution in [0.1, 0.15) is 49.8 Å². The van der Waals surface area contributed by atoms with Crippen molar-refractivity contribution in [2.45, 2.75) is 58.9 Å². The van der Waals surface area contributed by atoms with E-state index in [1.807, 2.05) is 6.92 Å². The molecule has 0 aromatic carbocycles. The Balaban J connectivity index is 1.60. The zero-order valence-electron chi connectivity index (χ0n) is 15.9. The van der Waals surface area contributed by atoms with Crippen LogP contribution >= 0.6 is 0 Å².